The number of anilines is 1. The highest BCUT2D eigenvalue weighted by molar-refractivity contribution is 6.32. The van der Waals surface area contributed by atoms with E-state index < -0.39 is 4.92 Å². The van der Waals surface area contributed by atoms with Gasteiger partial charge in [0.1, 0.15) is 5.02 Å². The first-order valence-electron chi connectivity index (χ1n) is 4.80. The number of nitrogens with zero attached hydrogens (tertiary/aromatic N) is 1. The molecule has 1 aromatic rings. The van der Waals surface area contributed by atoms with Crippen LogP contribution < -0.4 is 5.32 Å². The molecule has 0 aliphatic rings. The van der Waals surface area contributed by atoms with E-state index in [0.717, 1.165) is 5.57 Å². The van der Waals surface area contributed by atoms with Crippen molar-refractivity contribution in [2.45, 2.75) is 13.8 Å². The van der Waals surface area contributed by atoms with Crippen LogP contribution in [0.3, 0.4) is 0 Å². The van der Waals surface area contributed by atoms with Gasteiger partial charge in [0.25, 0.3) is 5.69 Å². The first-order valence-corrected chi connectivity index (χ1v) is 5.18. The summed E-state index contributed by atoms with van der Waals surface area (Å²) in [5, 5.41) is 13.2. The lowest BCUT2D eigenvalue weighted by molar-refractivity contribution is -0.384. The average molecular weight is 255 g/mol. The summed E-state index contributed by atoms with van der Waals surface area (Å²) < 4.78 is 0. The third-order valence-corrected chi connectivity index (χ3v) is 2.15. The minimum atomic E-state index is -0.598. The molecule has 0 bridgehead atoms. The first kappa shape index (κ1) is 13.2. The Morgan fingerprint density at radius 2 is 2.12 bits per heavy atom. The Morgan fingerprint density at radius 3 is 2.65 bits per heavy atom. The van der Waals surface area contributed by atoms with Crippen LogP contribution in [-0.4, -0.2) is 10.8 Å². The van der Waals surface area contributed by atoms with E-state index in [1.165, 1.54) is 24.3 Å². The molecule has 0 aliphatic carbocycles. The molecule has 6 heteroatoms. The minimum Gasteiger partial charge on any atom is -0.322 e. The normalized spacial score (nSPS) is 9.59. The van der Waals surface area contributed by atoms with Crippen LogP contribution >= 0.6 is 11.6 Å². The van der Waals surface area contributed by atoms with Gasteiger partial charge in [-0.3, -0.25) is 14.9 Å². The highest BCUT2D eigenvalue weighted by atomic mass is 35.5. The molecule has 0 heterocycles. The van der Waals surface area contributed by atoms with Gasteiger partial charge >= 0.3 is 0 Å². The fraction of sp³-hybridized carbons (Fsp3) is 0.182. The highest BCUT2D eigenvalue weighted by Crippen LogP contribution is 2.27. The molecule has 0 fully saturated rings. The third-order valence-electron chi connectivity index (χ3n) is 1.83. The maximum Gasteiger partial charge on any atom is 0.289 e. The number of hydrogen-bond donors (Lipinski definition) is 1. The molecular weight excluding hydrogens is 244 g/mol. The summed E-state index contributed by atoms with van der Waals surface area (Å²) in [6.07, 6.45) is 1.40. The van der Waals surface area contributed by atoms with E-state index in [1.54, 1.807) is 13.8 Å². The van der Waals surface area contributed by atoms with Gasteiger partial charge in [-0.05, 0) is 26.0 Å². The summed E-state index contributed by atoms with van der Waals surface area (Å²) in [5.74, 6) is -0.332. The number of hydrogen-bond acceptors (Lipinski definition) is 3. The van der Waals surface area contributed by atoms with E-state index in [-0.39, 0.29) is 16.6 Å². The Balaban J connectivity index is 2.94. The molecule has 17 heavy (non-hydrogen) atoms. The van der Waals surface area contributed by atoms with E-state index in [9.17, 15) is 14.9 Å². The Morgan fingerprint density at radius 1 is 1.47 bits per heavy atom. The van der Waals surface area contributed by atoms with Gasteiger partial charge in [-0.15, -0.1) is 0 Å². The van der Waals surface area contributed by atoms with Crippen molar-refractivity contribution in [3.8, 4) is 0 Å². The number of carbonyl (C=O) groups is 1. The topological polar surface area (TPSA) is 72.2 Å². The monoisotopic (exact) mass is 254 g/mol. The van der Waals surface area contributed by atoms with Crippen LogP contribution in [0.4, 0.5) is 11.4 Å². The fourth-order valence-electron chi connectivity index (χ4n) is 1.17. The van der Waals surface area contributed by atoms with Gasteiger partial charge in [-0.1, -0.05) is 17.2 Å². The number of allylic oxidation sites excluding steroid dienone is 1. The van der Waals surface area contributed by atoms with Crippen molar-refractivity contribution in [1.82, 2.24) is 0 Å². The quantitative estimate of drug-likeness (QED) is 0.512. The molecule has 0 spiro atoms. The summed E-state index contributed by atoms with van der Waals surface area (Å²) in [5.41, 5.74) is 0.941. The SMILES string of the molecule is CC(C)=CC(=O)Nc1ccc(Cl)c([N+](=O)[O-])c1. The van der Waals surface area contributed by atoms with Crippen molar-refractivity contribution in [2.24, 2.45) is 0 Å². The number of carbonyl (C=O) groups excluding carboxylic acids is 1. The van der Waals surface area contributed by atoms with Crippen LogP contribution in [0.2, 0.25) is 5.02 Å². The smallest absolute Gasteiger partial charge is 0.289 e. The summed E-state index contributed by atoms with van der Waals surface area (Å²) in [6.45, 7) is 3.56. The standard InChI is InChI=1S/C11H11ClN2O3/c1-7(2)5-11(15)13-8-3-4-9(12)10(6-8)14(16)17/h3-6H,1-2H3,(H,13,15). The zero-order valence-electron chi connectivity index (χ0n) is 9.36. The third kappa shape index (κ3) is 3.88. The molecule has 0 aromatic heterocycles. The van der Waals surface area contributed by atoms with Crippen molar-refractivity contribution < 1.29 is 9.72 Å². The van der Waals surface area contributed by atoms with E-state index in [4.69, 9.17) is 11.6 Å². The second kappa shape index (κ2) is 5.45. The van der Waals surface area contributed by atoms with Crippen LogP contribution in [0.15, 0.2) is 29.8 Å². The van der Waals surface area contributed by atoms with Crippen molar-refractivity contribution in [2.75, 3.05) is 5.32 Å². The number of amides is 1. The van der Waals surface area contributed by atoms with Crippen LogP contribution in [0.25, 0.3) is 0 Å². The lowest BCUT2D eigenvalue weighted by Gasteiger charge is -2.03. The second-order valence-corrected chi connectivity index (χ2v) is 4.04. The summed E-state index contributed by atoms with van der Waals surface area (Å²) >= 11 is 5.65. The first-order chi connectivity index (χ1) is 7.90. The second-order valence-electron chi connectivity index (χ2n) is 3.63. The van der Waals surface area contributed by atoms with Crippen molar-refractivity contribution in [3.63, 3.8) is 0 Å². The molecule has 1 N–H and O–H groups in total. The average Bonchev–Trinajstić information content (AvgIpc) is 2.19. The number of nitro groups is 1. The Labute approximate surface area is 103 Å². The predicted molar refractivity (Wildman–Crippen MR) is 66.2 cm³/mol. The molecule has 0 radical (unpaired) electrons. The van der Waals surface area contributed by atoms with Gasteiger partial charge < -0.3 is 5.32 Å². The lowest BCUT2D eigenvalue weighted by Crippen LogP contribution is -2.08. The van der Waals surface area contributed by atoms with E-state index in [2.05, 4.69) is 5.32 Å². The Kier molecular flexibility index (Phi) is 4.23. The van der Waals surface area contributed by atoms with E-state index in [1.807, 2.05) is 0 Å². The van der Waals surface area contributed by atoms with Crippen LogP contribution in [0.5, 0.6) is 0 Å². The molecular formula is C11H11ClN2O3. The van der Waals surface area contributed by atoms with E-state index in [0.29, 0.717) is 5.69 Å². The highest BCUT2D eigenvalue weighted by Gasteiger charge is 2.13. The summed E-state index contributed by atoms with van der Waals surface area (Å²) in [4.78, 5) is 21.4. The molecule has 0 unspecified atom stereocenters. The van der Waals surface area contributed by atoms with Crippen molar-refractivity contribution in [1.29, 1.82) is 0 Å². The van der Waals surface area contributed by atoms with Crippen molar-refractivity contribution >= 4 is 28.9 Å². The van der Waals surface area contributed by atoms with Gasteiger partial charge in [0.2, 0.25) is 5.91 Å². The Bertz CT molecular complexity index is 493. The minimum absolute atomic E-state index is 0.0372. The van der Waals surface area contributed by atoms with Crippen LogP contribution in [0, 0.1) is 10.1 Å². The van der Waals surface area contributed by atoms with Gasteiger partial charge in [-0.2, -0.15) is 0 Å². The molecule has 90 valence electrons. The van der Waals surface area contributed by atoms with Gasteiger partial charge in [0, 0.05) is 17.8 Å². The van der Waals surface area contributed by atoms with Crippen LogP contribution in [0.1, 0.15) is 13.8 Å². The number of nitro benzene ring substituents is 1. The number of nitrogens with one attached hydrogen (secondary N) is 1. The van der Waals surface area contributed by atoms with E-state index >= 15 is 0 Å². The van der Waals surface area contributed by atoms with Crippen LogP contribution in [-0.2, 0) is 4.79 Å². The number of rotatable bonds is 3. The number of halogens is 1. The van der Waals surface area contributed by atoms with Crippen molar-refractivity contribution in [3.05, 3.63) is 45.0 Å². The Hall–Kier alpha value is -1.88. The maximum absolute atomic E-state index is 11.4. The summed E-state index contributed by atoms with van der Waals surface area (Å²) in [7, 11) is 0. The summed E-state index contributed by atoms with van der Waals surface area (Å²) in [6, 6.07) is 4.10. The van der Waals surface area contributed by atoms with Gasteiger partial charge in [0.05, 0.1) is 4.92 Å². The molecule has 0 aliphatic heterocycles. The molecule has 0 saturated heterocycles. The molecule has 0 atom stereocenters. The zero-order valence-corrected chi connectivity index (χ0v) is 10.1. The molecule has 0 saturated carbocycles. The fourth-order valence-corrected chi connectivity index (χ4v) is 1.36. The molecule has 1 amide bonds. The molecule has 5 nitrogen and oxygen atoms in total. The van der Waals surface area contributed by atoms with Gasteiger partial charge in [-0.25, -0.2) is 0 Å². The predicted octanol–water partition coefficient (Wildman–Crippen LogP) is 3.15. The zero-order chi connectivity index (χ0) is 13.0. The van der Waals surface area contributed by atoms with Gasteiger partial charge in [0.15, 0.2) is 0 Å². The maximum atomic E-state index is 11.4. The largest absolute Gasteiger partial charge is 0.322 e. The molecule has 1 rings (SSSR count). The molecule has 1 aromatic carbocycles. The number of benzene rings is 1. The lowest BCUT2D eigenvalue weighted by atomic mass is 10.2.